The molecule has 0 bridgehead atoms. The van der Waals surface area contributed by atoms with Crippen molar-refractivity contribution >= 4 is 22.7 Å². The quantitative estimate of drug-likeness (QED) is 0.864. The number of carbonyl (C=O) groups is 2. The molecule has 1 aromatic carbocycles. The first-order chi connectivity index (χ1) is 9.95. The van der Waals surface area contributed by atoms with Crippen molar-refractivity contribution in [3.05, 3.63) is 35.4 Å². The molecule has 1 aliphatic rings. The Hall–Kier alpha value is -1.69. The molecule has 6 heteroatoms. The SMILES string of the molecule is CS(=O)Cc1cccc(C(=O)N[C@@H]2CC[C@H](C(=O)O)C2)c1. The minimum Gasteiger partial charge on any atom is -0.481 e. The van der Waals surface area contributed by atoms with Gasteiger partial charge < -0.3 is 10.4 Å². The first-order valence-corrected chi connectivity index (χ1v) is 8.61. The summed E-state index contributed by atoms with van der Waals surface area (Å²) in [5, 5.41) is 11.8. The number of hydrogen-bond acceptors (Lipinski definition) is 3. The average Bonchev–Trinajstić information content (AvgIpc) is 2.87. The fraction of sp³-hybridized carbons (Fsp3) is 0.467. The largest absolute Gasteiger partial charge is 0.481 e. The van der Waals surface area contributed by atoms with Crippen LogP contribution in [0.25, 0.3) is 0 Å². The van der Waals surface area contributed by atoms with Crippen LogP contribution in [0.5, 0.6) is 0 Å². The fourth-order valence-electron chi connectivity index (χ4n) is 2.64. The van der Waals surface area contributed by atoms with Gasteiger partial charge in [-0.15, -0.1) is 0 Å². The number of aliphatic carboxylic acids is 1. The summed E-state index contributed by atoms with van der Waals surface area (Å²) in [5.74, 6) is -0.927. The number of nitrogens with one attached hydrogen (secondary N) is 1. The molecule has 5 nitrogen and oxygen atoms in total. The Bertz CT molecular complexity index is 573. The van der Waals surface area contributed by atoms with E-state index in [1.54, 1.807) is 24.5 Å². The van der Waals surface area contributed by atoms with Gasteiger partial charge in [-0.2, -0.15) is 0 Å². The minimum absolute atomic E-state index is 0.0810. The summed E-state index contributed by atoms with van der Waals surface area (Å²) in [4.78, 5) is 23.1. The van der Waals surface area contributed by atoms with Gasteiger partial charge in [-0.3, -0.25) is 13.8 Å². The molecule has 2 rings (SSSR count). The van der Waals surface area contributed by atoms with Crippen LogP contribution in [0.15, 0.2) is 24.3 Å². The third-order valence-corrected chi connectivity index (χ3v) is 4.42. The van der Waals surface area contributed by atoms with Crippen molar-refractivity contribution in [3.8, 4) is 0 Å². The van der Waals surface area contributed by atoms with Gasteiger partial charge in [-0.05, 0) is 37.0 Å². The Labute approximate surface area is 126 Å². The predicted octanol–water partition coefficient (Wildman–Crippen LogP) is 1.55. The van der Waals surface area contributed by atoms with Crippen molar-refractivity contribution in [1.82, 2.24) is 5.32 Å². The second kappa shape index (κ2) is 6.85. The molecule has 21 heavy (non-hydrogen) atoms. The van der Waals surface area contributed by atoms with Crippen molar-refractivity contribution in [2.45, 2.75) is 31.1 Å². The minimum atomic E-state index is -0.949. The van der Waals surface area contributed by atoms with Gasteiger partial charge in [0.15, 0.2) is 0 Å². The Balaban J connectivity index is 1.97. The van der Waals surface area contributed by atoms with E-state index in [1.165, 1.54) is 0 Å². The van der Waals surface area contributed by atoms with E-state index in [9.17, 15) is 13.8 Å². The summed E-state index contributed by atoms with van der Waals surface area (Å²) in [6, 6.07) is 6.98. The standard InChI is InChI=1S/C15H19NO4S/c1-21(20)9-10-3-2-4-11(7-10)14(17)16-13-6-5-12(8-13)15(18)19/h2-4,7,12-13H,5-6,8-9H2,1H3,(H,16,17)(H,18,19)/t12-,13+,21?/m0/s1. The van der Waals surface area contributed by atoms with Gasteiger partial charge >= 0.3 is 5.97 Å². The number of benzene rings is 1. The lowest BCUT2D eigenvalue weighted by Crippen LogP contribution is -2.33. The van der Waals surface area contributed by atoms with Crippen LogP contribution in [0.2, 0.25) is 0 Å². The van der Waals surface area contributed by atoms with Gasteiger partial charge in [-0.1, -0.05) is 12.1 Å². The summed E-state index contributed by atoms with van der Waals surface area (Å²) in [7, 11) is -0.949. The van der Waals surface area contributed by atoms with Crippen LogP contribution >= 0.6 is 0 Å². The third kappa shape index (κ3) is 4.39. The highest BCUT2D eigenvalue weighted by Gasteiger charge is 2.30. The van der Waals surface area contributed by atoms with Gasteiger partial charge in [0.1, 0.15) is 0 Å². The Morgan fingerprint density at radius 1 is 1.38 bits per heavy atom. The molecule has 114 valence electrons. The van der Waals surface area contributed by atoms with E-state index in [1.807, 2.05) is 6.07 Å². The van der Waals surface area contributed by atoms with Crippen molar-refractivity contribution in [2.75, 3.05) is 6.26 Å². The van der Waals surface area contributed by atoms with Crippen LogP contribution in [-0.2, 0) is 21.3 Å². The maximum atomic E-state index is 12.2. The number of rotatable bonds is 5. The number of carbonyl (C=O) groups excluding carboxylic acids is 1. The highest BCUT2D eigenvalue weighted by molar-refractivity contribution is 7.83. The van der Waals surface area contributed by atoms with Crippen molar-refractivity contribution in [3.63, 3.8) is 0 Å². The highest BCUT2D eigenvalue weighted by Crippen LogP contribution is 2.25. The Kier molecular flexibility index (Phi) is 5.12. The molecule has 1 aromatic rings. The van der Waals surface area contributed by atoms with E-state index in [2.05, 4.69) is 5.32 Å². The van der Waals surface area contributed by atoms with Crippen LogP contribution in [-0.4, -0.2) is 33.5 Å². The molecule has 0 aromatic heterocycles. The van der Waals surface area contributed by atoms with E-state index in [0.29, 0.717) is 30.6 Å². The number of amides is 1. The topological polar surface area (TPSA) is 83.5 Å². The molecular weight excluding hydrogens is 290 g/mol. The molecule has 2 N–H and O–H groups in total. The molecular formula is C15H19NO4S. The molecule has 1 amide bonds. The Morgan fingerprint density at radius 3 is 2.76 bits per heavy atom. The number of hydrogen-bond donors (Lipinski definition) is 2. The van der Waals surface area contributed by atoms with Crippen LogP contribution in [0.3, 0.4) is 0 Å². The summed E-state index contributed by atoms with van der Waals surface area (Å²) >= 11 is 0. The number of carboxylic acids is 1. The predicted molar refractivity (Wildman–Crippen MR) is 80.4 cm³/mol. The molecule has 1 fully saturated rings. The lowest BCUT2D eigenvalue weighted by molar-refractivity contribution is -0.141. The van der Waals surface area contributed by atoms with Crippen LogP contribution < -0.4 is 5.32 Å². The van der Waals surface area contributed by atoms with E-state index in [-0.39, 0.29) is 17.9 Å². The Morgan fingerprint density at radius 2 is 2.14 bits per heavy atom. The summed E-state index contributed by atoms with van der Waals surface area (Å²) in [6.45, 7) is 0. The maximum Gasteiger partial charge on any atom is 0.306 e. The fourth-order valence-corrected chi connectivity index (χ4v) is 3.29. The van der Waals surface area contributed by atoms with E-state index in [4.69, 9.17) is 5.11 Å². The average molecular weight is 309 g/mol. The van der Waals surface area contributed by atoms with Crippen molar-refractivity contribution in [2.24, 2.45) is 5.92 Å². The lowest BCUT2D eigenvalue weighted by atomic mass is 10.1. The van der Waals surface area contributed by atoms with Gasteiger partial charge in [0, 0.05) is 34.4 Å². The molecule has 0 saturated heterocycles. The van der Waals surface area contributed by atoms with Gasteiger partial charge in [-0.25, -0.2) is 0 Å². The van der Waals surface area contributed by atoms with E-state index in [0.717, 1.165) is 5.56 Å². The molecule has 1 saturated carbocycles. The van der Waals surface area contributed by atoms with Crippen LogP contribution in [0, 0.1) is 5.92 Å². The molecule has 0 aliphatic heterocycles. The molecule has 1 unspecified atom stereocenters. The normalized spacial score (nSPS) is 22.7. The maximum absolute atomic E-state index is 12.2. The molecule has 0 heterocycles. The lowest BCUT2D eigenvalue weighted by Gasteiger charge is -2.13. The van der Waals surface area contributed by atoms with Gasteiger partial charge in [0.2, 0.25) is 0 Å². The zero-order valence-corrected chi connectivity index (χ0v) is 12.7. The summed E-state index contributed by atoms with van der Waals surface area (Å²) in [5.41, 5.74) is 1.38. The second-order valence-electron chi connectivity index (χ2n) is 5.44. The van der Waals surface area contributed by atoms with Crippen LogP contribution in [0.1, 0.15) is 35.2 Å². The van der Waals surface area contributed by atoms with E-state index < -0.39 is 16.8 Å². The van der Waals surface area contributed by atoms with Crippen LogP contribution in [0.4, 0.5) is 0 Å². The highest BCUT2D eigenvalue weighted by atomic mass is 32.2. The van der Waals surface area contributed by atoms with Gasteiger partial charge in [0.25, 0.3) is 5.91 Å². The molecule has 1 aliphatic carbocycles. The van der Waals surface area contributed by atoms with Gasteiger partial charge in [0.05, 0.1) is 5.92 Å². The first-order valence-electron chi connectivity index (χ1n) is 6.88. The van der Waals surface area contributed by atoms with E-state index >= 15 is 0 Å². The zero-order valence-electron chi connectivity index (χ0n) is 11.9. The van der Waals surface area contributed by atoms with Crippen molar-refractivity contribution in [1.29, 1.82) is 0 Å². The molecule has 0 radical (unpaired) electrons. The van der Waals surface area contributed by atoms with Crippen molar-refractivity contribution < 1.29 is 18.9 Å². The summed E-state index contributed by atoms with van der Waals surface area (Å²) < 4.78 is 11.2. The smallest absolute Gasteiger partial charge is 0.306 e. The molecule has 0 spiro atoms. The second-order valence-corrected chi connectivity index (χ2v) is 6.87. The number of carboxylic acid groups (broad SMARTS) is 1. The first kappa shape index (κ1) is 15.7. The molecule has 3 atom stereocenters. The monoisotopic (exact) mass is 309 g/mol. The third-order valence-electron chi connectivity index (χ3n) is 3.68. The zero-order chi connectivity index (χ0) is 15.4. The summed E-state index contributed by atoms with van der Waals surface area (Å²) in [6.07, 6.45) is 3.41.